The number of hydrogen-bond acceptors (Lipinski definition) is 3. The number of amides is 1. The van der Waals surface area contributed by atoms with E-state index in [0.717, 1.165) is 18.4 Å². The molecule has 3 atom stereocenters. The van der Waals surface area contributed by atoms with Gasteiger partial charge in [-0.1, -0.05) is 42.8 Å². The Hall–Kier alpha value is -2.20. The Bertz CT molecular complexity index is 670. The first-order valence-electron chi connectivity index (χ1n) is 8.51. The van der Waals surface area contributed by atoms with Gasteiger partial charge in [-0.05, 0) is 42.9 Å². The molecule has 0 aliphatic carbocycles. The van der Waals surface area contributed by atoms with Gasteiger partial charge in [0.05, 0.1) is 6.04 Å². The number of ether oxygens (including phenoxy) is 1. The number of hydrogen-bond donors (Lipinski definition) is 1. The minimum atomic E-state index is -0.345. The lowest BCUT2D eigenvalue weighted by Crippen LogP contribution is -2.40. The fourth-order valence-corrected chi connectivity index (χ4v) is 3.08. The smallest absolute Gasteiger partial charge is 0.249 e. The molecule has 126 valence electrons. The molecule has 1 saturated heterocycles. The van der Waals surface area contributed by atoms with Crippen LogP contribution in [-0.4, -0.2) is 23.6 Å². The van der Waals surface area contributed by atoms with E-state index in [9.17, 15) is 4.79 Å². The summed E-state index contributed by atoms with van der Waals surface area (Å²) < 4.78 is 5.60. The van der Waals surface area contributed by atoms with Crippen LogP contribution in [0.5, 0.6) is 0 Å². The van der Waals surface area contributed by atoms with Crippen molar-refractivity contribution < 1.29 is 9.53 Å². The van der Waals surface area contributed by atoms with Crippen molar-refractivity contribution in [2.75, 3.05) is 6.61 Å². The molecule has 1 aromatic carbocycles. The number of pyridine rings is 1. The van der Waals surface area contributed by atoms with Crippen LogP contribution in [0, 0.1) is 12.8 Å². The number of nitrogens with zero attached hydrogens (tertiary/aromatic N) is 1. The molecule has 1 N–H and O–H groups in total. The van der Waals surface area contributed by atoms with Crippen LogP contribution in [0.15, 0.2) is 48.8 Å². The van der Waals surface area contributed by atoms with Crippen LogP contribution in [0.4, 0.5) is 0 Å². The molecule has 1 fully saturated rings. The van der Waals surface area contributed by atoms with Gasteiger partial charge in [0.25, 0.3) is 0 Å². The summed E-state index contributed by atoms with van der Waals surface area (Å²) in [6, 6.07) is 12.2. The zero-order chi connectivity index (χ0) is 16.9. The molecular weight excluding hydrogens is 300 g/mol. The maximum Gasteiger partial charge on any atom is 0.249 e. The number of rotatable bonds is 5. The zero-order valence-electron chi connectivity index (χ0n) is 14.2. The normalized spacial score (nSPS) is 21.4. The highest BCUT2D eigenvalue weighted by Crippen LogP contribution is 2.23. The van der Waals surface area contributed by atoms with Gasteiger partial charge >= 0.3 is 0 Å². The molecule has 0 unspecified atom stereocenters. The molecule has 1 aromatic heterocycles. The molecule has 24 heavy (non-hydrogen) atoms. The third-order valence-electron chi connectivity index (χ3n) is 4.61. The Labute approximate surface area is 143 Å². The minimum Gasteiger partial charge on any atom is -0.368 e. The maximum absolute atomic E-state index is 12.6. The van der Waals surface area contributed by atoms with Crippen LogP contribution < -0.4 is 5.32 Å². The average molecular weight is 324 g/mol. The van der Waals surface area contributed by atoms with Crippen molar-refractivity contribution >= 4 is 5.91 Å². The third kappa shape index (κ3) is 4.01. The summed E-state index contributed by atoms with van der Waals surface area (Å²) in [6.45, 7) is 4.80. The van der Waals surface area contributed by atoms with Crippen molar-refractivity contribution in [2.45, 2.75) is 38.8 Å². The first kappa shape index (κ1) is 16.7. The van der Waals surface area contributed by atoms with Gasteiger partial charge in [0.15, 0.2) is 0 Å². The lowest BCUT2D eigenvalue weighted by molar-refractivity contribution is -0.132. The topological polar surface area (TPSA) is 51.2 Å². The average Bonchev–Trinajstić information content (AvgIpc) is 3.03. The van der Waals surface area contributed by atoms with Crippen molar-refractivity contribution in [3.63, 3.8) is 0 Å². The van der Waals surface area contributed by atoms with Crippen molar-refractivity contribution in [3.05, 3.63) is 65.5 Å². The highest BCUT2D eigenvalue weighted by molar-refractivity contribution is 5.81. The fourth-order valence-electron chi connectivity index (χ4n) is 3.08. The lowest BCUT2D eigenvalue weighted by Gasteiger charge is -2.22. The Morgan fingerprint density at radius 1 is 1.33 bits per heavy atom. The predicted molar refractivity (Wildman–Crippen MR) is 93.5 cm³/mol. The van der Waals surface area contributed by atoms with Gasteiger partial charge in [-0.25, -0.2) is 0 Å². The van der Waals surface area contributed by atoms with Gasteiger partial charge < -0.3 is 10.1 Å². The first-order valence-corrected chi connectivity index (χ1v) is 8.51. The summed E-state index contributed by atoms with van der Waals surface area (Å²) in [6.07, 6.45) is 4.89. The third-order valence-corrected chi connectivity index (χ3v) is 4.61. The second kappa shape index (κ2) is 7.58. The summed E-state index contributed by atoms with van der Waals surface area (Å²) in [7, 11) is 0. The van der Waals surface area contributed by atoms with Crippen molar-refractivity contribution in [1.29, 1.82) is 0 Å². The summed E-state index contributed by atoms with van der Waals surface area (Å²) in [5.41, 5.74) is 3.43. The fraction of sp³-hybridized carbons (Fsp3) is 0.400. The number of aryl methyl sites for hydroxylation is 1. The molecule has 0 bridgehead atoms. The molecule has 0 spiro atoms. The number of aromatic nitrogens is 1. The first-order chi connectivity index (χ1) is 11.6. The Morgan fingerprint density at radius 2 is 2.12 bits per heavy atom. The second-order valence-electron chi connectivity index (χ2n) is 6.59. The van der Waals surface area contributed by atoms with Gasteiger partial charge in [0.1, 0.15) is 6.10 Å². The Morgan fingerprint density at radius 3 is 2.75 bits per heavy atom. The number of carbonyl (C=O) groups is 1. The van der Waals surface area contributed by atoms with Gasteiger partial charge in [0, 0.05) is 19.0 Å². The van der Waals surface area contributed by atoms with E-state index in [1.807, 2.05) is 18.3 Å². The van der Waals surface area contributed by atoms with Crippen LogP contribution in [0.25, 0.3) is 0 Å². The number of carbonyl (C=O) groups excluding carboxylic acids is 1. The lowest BCUT2D eigenvalue weighted by atomic mass is 9.98. The summed E-state index contributed by atoms with van der Waals surface area (Å²) in [5, 5.41) is 3.16. The Balaban J connectivity index is 1.77. The minimum absolute atomic E-state index is 0.0269. The number of nitrogens with one attached hydrogen (secondary N) is 1. The quantitative estimate of drug-likeness (QED) is 0.919. The highest BCUT2D eigenvalue weighted by Gasteiger charge is 2.32. The van der Waals surface area contributed by atoms with Gasteiger partial charge in [0.2, 0.25) is 5.91 Å². The molecule has 2 aromatic rings. The van der Waals surface area contributed by atoms with Crippen molar-refractivity contribution in [1.82, 2.24) is 10.3 Å². The van der Waals surface area contributed by atoms with E-state index in [4.69, 9.17) is 4.74 Å². The standard InChI is InChI=1S/C20H24N2O2/c1-14-5-7-16(8-6-14)12-18(17-4-3-10-21-13-17)22-20(23)19-15(2)9-11-24-19/h3-8,10,13,15,18-19H,9,11-12H2,1-2H3,(H,22,23)/t15-,18-,19+/m0/s1. The molecule has 0 radical (unpaired) electrons. The predicted octanol–water partition coefficient (Wildman–Crippen LogP) is 3.22. The van der Waals surface area contributed by atoms with Crippen LogP contribution in [0.3, 0.4) is 0 Å². The van der Waals surface area contributed by atoms with Crippen LogP contribution in [0.2, 0.25) is 0 Å². The van der Waals surface area contributed by atoms with Gasteiger partial charge in [-0.3, -0.25) is 9.78 Å². The van der Waals surface area contributed by atoms with E-state index in [2.05, 4.69) is 48.4 Å². The van der Waals surface area contributed by atoms with E-state index in [0.29, 0.717) is 6.61 Å². The van der Waals surface area contributed by atoms with Crippen molar-refractivity contribution in [2.24, 2.45) is 5.92 Å². The van der Waals surface area contributed by atoms with Crippen LogP contribution in [-0.2, 0) is 16.0 Å². The molecule has 0 saturated carbocycles. The second-order valence-corrected chi connectivity index (χ2v) is 6.59. The molecule has 1 amide bonds. The van der Waals surface area contributed by atoms with Crippen molar-refractivity contribution in [3.8, 4) is 0 Å². The van der Waals surface area contributed by atoms with E-state index < -0.39 is 0 Å². The molecule has 2 heterocycles. The molecule has 1 aliphatic heterocycles. The van der Waals surface area contributed by atoms with E-state index >= 15 is 0 Å². The van der Waals surface area contributed by atoms with E-state index in [1.54, 1.807) is 6.20 Å². The molecule has 1 aliphatic rings. The summed E-state index contributed by atoms with van der Waals surface area (Å²) in [5.74, 6) is 0.236. The summed E-state index contributed by atoms with van der Waals surface area (Å²) >= 11 is 0. The van der Waals surface area contributed by atoms with Crippen LogP contribution >= 0.6 is 0 Å². The van der Waals surface area contributed by atoms with E-state index in [-0.39, 0.29) is 24.0 Å². The maximum atomic E-state index is 12.6. The molecular formula is C20H24N2O2. The van der Waals surface area contributed by atoms with Gasteiger partial charge in [-0.15, -0.1) is 0 Å². The number of benzene rings is 1. The monoisotopic (exact) mass is 324 g/mol. The summed E-state index contributed by atoms with van der Waals surface area (Å²) in [4.78, 5) is 16.8. The highest BCUT2D eigenvalue weighted by atomic mass is 16.5. The van der Waals surface area contributed by atoms with Crippen LogP contribution in [0.1, 0.15) is 36.1 Å². The van der Waals surface area contributed by atoms with E-state index in [1.165, 1.54) is 11.1 Å². The molecule has 3 rings (SSSR count). The molecule has 4 heteroatoms. The van der Waals surface area contributed by atoms with Gasteiger partial charge in [-0.2, -0.15) is 0 Å². The zero-order valence-corrected chi connectivity index (χ0v) is 14.2. The SMILES string of the molecule is Cc1ccc(C[C@H](NC(=O)[C@@H]2OCC[C@@H]2C)c2cccnc2)cc1. The Kier molecular flexibility index (Phi) is 5.26. The largest absolute Gasteiger partial charge is 0.368 e. The molecule has 4 nitrogen and oxygen atoms in total.